The average Bonchev–Trinajstić information content (AvgIpc) is 3.63. The number of rotatable bonds is 11. The van der Waals surface area contributed by atoms with Gasteiger partial charge in [0.1, 0.15) is 28.6 Å². The topological polar surface area (TPSA) is 207 Å². The molecule has 0 radical (unpaired) electrons. The molecule has 4 saturated carbocycles. The number of nitrogens with zero attached hydrogens (tertiary/aromatic N) is 1. The first-order chi connectivity index (χ1) is 26.2. The lowest BCUT2D eigenvalue weighted by Crippen LogP contribution is -2.62. The highest BCUT2D eigenvalue weighted by molar-refractivity contribution is 7.90. The number of aliphatic carboxylic acids is 1. The summed E-state index contributed by atoms with van der Waals surface area (Å²) in [5.74, 6) is -3.49. The molecule has 5 fully saturated rings. The number of likely N-dealkylation sites (tertiary alicyclic amines) is 1. The molecular formula is C41H58N6O8S. The molecule has 2 aromatic rings. The number of aromatic amines is 1. The maximum absolute atomic E-state index is 14.9. The molecule has 15 heteroatoms. The number of benzene rings is 1. The van der Waals surface area contributed by atoms with Gasteiger partial charge in [0.15, 0.2) is 0 Å². The molecule has 1 aromatic heterocycles. The summed E-state index contributed by atoms with van der Waals surface area (Å²) >= 11 is 0. The van der Waals surface area contributed by atoms with Crippen LogP contribution in [0.25, 0.3) is 10.9 Å². The fourth-order valence-corrected chi connectivity index (χ4v) is 12.4. The summed E-state index contributed by atoms with van der Waals surface area (Å²) in [5, 5.41) is 19.1. The predicted octanol–water partition coefficient (Wildman–Crippen LogP) is 4.80. The monoisotopic (exact) mass is 794 g/mol. The van der Waals surface area contributed by atoms with Crippen molar-refractivity contribution in [2.45, 2.75) is 141 Å². The lowest BCUT2D eigenvalue weighted by molar-refractivity contribution is -0.142. The van der Waals surface area contributed by atoms with Gasteiger partial charge in [-0.3, -0.25) is 14.4 Å². The van der Waals surface area contributed by atoms with Crippen LogP contribution < -0.4 is 20.7 Å². The van der Waals surface area contributed by atoms with E-state index in [1.165, 1.54) is 6.07 Å². The minimum atomic E-state index is -4.34. The fourth-order valence-electron chi connectivity index (χ4n) is 11.2. The van der Waals surface area contributed by atoms with Crippen LogP contribution in [0.5, 0.6) is 0 Å². The minimum absolute atomic E-state index is 0.0438. The quantitative estimate of drug-likeness (QED) is 0.186. The highest BCUT2D eigenvalue weighted by Crippen LogP contribution is 2.88. The molecule has 5 aliphatic rings. The standard InChI is InChI=1S/C41H58N6O8S/c1-7-26-21-41(26,35(52)46-56(54,55)28-16-11-15-25-17-20-42-29(25)28)45-32(48)27-22-40(38(5,6)39(40)18-12-19-39)23-47(27)33(49)31(37(2,3)4)44-36(53)43-30(34(50)51)24-13-9-8-10-14-24/h11,15-17,20,24,26-27,30-31,42H,7-10,12-14,18-19,21-23H2,1-6H3,(H,45,48)(H,46,52)(H,50,51)(H2,43,44,53)/t26-,27+,30+,31-,40-,41-/m1/s1. The van der Waals surface area contributed by atoms with Crippen LogP contribution in [0.2, 0.25) is 0 Å². The Kier molecular flexibility index (Phi) is 9.85. The summed E-state index contributed by atoms with van der Waals surface area (Å²) in [5.41, 5.74) is -2.54. The molecule has 56 heavy (non-hydrogen) atoms. The number of fused-ring (bicyclic) bond motifs is 2. The third-order valence-electron chi connectivity index (χ3n) is 14.9. The molecule has 0 bridgehead atoms. The van der Waals surface area contributed by atoms with Crippen molar-refractivity contribution in [3.05, 3.63) is 30.5 Å². The maximum atomic E-state index is 14.9. The Balaban J connectivity index is 1.15. The van der Waals surface area contributed by atoms with Crippen LogP contribution in [0.15, 0.2) is 35.4 Å². The van der Waals surface area contributed by atoms with E-state index in [0.29, 0.717) is 36.6 Å². The van der Waals surface area contributed by atoms with E-state index in [-0.39, 0.29) is 45.9 Å². The molecule has 7 rings (SSSR count). The van der Waals surface area contributed by atoms with Crippen LogP contribution in [0.3, 0.4) is 0 Å². The SMILES string of the molecule is CC[C@@H]1C[C@]1(NC(=O)[C@@H]1C[C@@]2(CN1C(=O)[C@@H](NC(=O)N[C@H](C(=O)O)C1CCCCC1)C(C)(C)C)C(C)(C)C21CCC1)C(=O)NS(=O)(=O)c1cccc2cc[nH]c12. The molecule has 0 unspecified atom stereocenters. The van der Waals surface area contributed by atoms with Crippen molar-refractivity contribution in [3.8, 4) is 0 Å². The predicted molar refractivity (Wildman–Crippen MR) is 208 cm³/mol. The number of para-hydroxylation sites is 1. The number of carboxylic acid groups (broad SMARTS) is 1. The van der Waals surface area contributed by atoms with E-state index < -0.39 is 68.8 Å². The van der Waals surface area contributed by atoms with Gasteiger partial charge in [-0.15, -0.1) is 0 Å². The van der Waals surface area contributed by atoms with Gasteiger partial charge in [-0.1, -0.05) is 85.8 Å². The van der Waals surface area contributed by atoms with E-state index in [2.05, 4.69) is 39.5 Å². The number of carboxylic acids is 1. The summed E-state index contributed by atoms with van der Waals surface area (Å²) in [4.78, 5) is 73.9. The summed E-state index contributed by atoms with van der Waals surface area (Å²) < 4.78 is 29.5. The van der Waals surface area contributed by atoms with E-state index >= 15 is 0 Å². The number of H-pyrrole nitrogens is 1. The first-order valence-electron chi connectivity index (χ1n) is 20.3. The van der Waals surface area contributed by atoms with Crippen LogP contribution in [0.1, 0.15) is 112 Å². The first kappa shape index (κ1) is 40.1. The molecule has 1 aliphatic heterocycles. The van der Waals surface area contributed by atoms with E-state index in [1.807, 2.05) is 27.7 Å². The van der Waals surface area contributed by atoms with Crippen molar-refractivity contribution in [1.29, 1.82) is 0 Å². The summed E-state index contributed by atoms with van der Waals surface area (Å²) in [7, 11) is -4.34. The first-order valence-corrected chi connectivity index (χ1v) is 21.8. The minimum Gasteiger partial charge on any atom is -0.480 e. The van der Waals surface area contributed by atoms with Crippen LogP contribution in [-0.4, -0.2) is 83.3 Å². The number of hydrogen-bond donors (Lipinski definition) is 6. The third kappa shape index (κ3) is 6.26. The molecule has 5 amide bonds. The van der Waals surface area contributed by atoms with Gasteiger partial charge in [-0.05, 0) is 78.7 Å². The van der Waals surface area contributed by atoms with Crippen LogP contribution in [0.4, 0.5) is 4.79 Å². The molecular weight excluding hydrogens is 737 g/mol. The zero-order valence-electron chi connectivity index (χ0n) is 33.4. The van der Waals surface area contributed by atoms with Gasteiger partial charge in [-0.25, -0.2) is 22.7 Å². The second-order valence-corrected chi connectivity index (χ2v) is 20.5. The van der Waals surface area contributed by atoms with Gasteiger partial charge in [0.2, 0.25) is 11.8 Å². The Labute approximate surface area is 329 Å². The van der Waals surface area contributed by atoms with Crippen LogP contribution >= 0.6 is 0 Å². The van der Waals surface area contributed by atoms with Crippen molar-refractivity contribution in [1.82, 2.24) is 30.6 Å². The maximum Gasteiger partial charge on any atom is 0.326 e. The zero-order valence-corrected chi connectivity index (χ0v) is 34.2. The van der Waals surface area contributed by atoms with Crippen LogP contribution in [-0.2, 0) is 29.2 Å². The van der Waals surface area contributed by atoms with Gasteiger partial charge in [0.05, 0.1) is 5.52 Å². The normalized spacial score (nSPS) is 28.9. The summed E-state index contributed by atoms with van der Waals surface area (Å²) in [6, 6.07) is 2.54. The van der Waals surface area contributed by atoms with Crippen LogP contribution in [0, 0.1) is 33.5 Å². The Morgan fingerprint density at radius 3 is 2.23 bits per heavy atom. The number of aromatic nitrogens is 1. The number of nitrogens with one attached hydrogen (secondary N) is 5. The highest BCUT2D eigenvalue weighted by Gasteiger charge is 2.85. The number of urea groups is 1. The van der Waals surface area contributed by atoms with Gasteiger partial charge in [0, 0.05) is 23.5 Å². The molecule has 1 aromatic carbocycles. The third-order valence-corrected chi connectivity index (χ3v) is 16.2. The molecule has 1 saturated heterocycles. The lowest BCUT2D eigenvalue weighted by Gasteiger charge is -2.36. The fraction of sp³-hybridized carbons (Fsp3) is 0.683. The van der Waals surface area contributed by atoms with Crippen molar-refractivity contribution in [2.75, 3.05) is 6.54 Å². The Hall–Kier alpha value is -4.14. The van der Waals surface area contributed by atoms with Crippen molar-refractivity contribution in [2.24, 2.45) is 33.5 Å². The van der Waals surface area contributed by atoms with E-state index in [0.717, 1.165) is 38.5 Å². The molecule has 6 atom stereocenters. The second kappa shape index (κ2) is 13.8. The van der Waals surface area contributed by atoms with Crippen molar-refractivity contribution in [3.63, 3.8) is 0 Å². The Morgan fingerprint density at radius 1 is 0.964 bits per heavy atom. The smallest absolute Gasteiger partial charge is 0.326 e. The second-order valence-electron chi connectivity index (χ2n) is 18.9. The number of carbonyl (C=O) groups is 5. The van der Waals surface area contributed by atoms with Crippen molar-refractivity contribution < 1.29 is 37.5 Å². The molecule has 6 N–H and O–H groups in total. The summed E-state index contributed by atoms with van der Waals surface area (Å²) in [6.07, 6.45) is 9.93. The van der Waals surface area contributed by atoms with Crippen molar-refractivity contribution >= 4 is 50.6 Å². The van der Waals surface area contributed by atoms with E-state index in [4.69, 9.17) is 0 Å². The average molecular weight is 795 g/mol. The largest absolute Gasteiger partial charge is 0.480 e. The number of sulfonamides is 1. The molecule has 4 aliphatic carbocycles. The lowest BCUT2D eigenvalue weighted by atomic mass is 9.73. The van der Waals surface area contributed by atoms with E-state index in [1.54, 1.807) is 29.3 Å². The Bertz CT molecular complexity index is 2050. The van der Waals surface area contributed by atoms with Gasteiger partial charge >= 0.3 is 12.0 Å². The molecule has 14 nitrogen and oxygen atoms in total. The number of hydrogen-bond acceptors (Lipinski definition) is 7. The van der Waals surface area contributed by atoms with E-state index in [9.17, 15) is 37.5 Å². The number of amides is 5. The van der Waals surface area contributed by atoms with Gasteiger partial charge in [-0.2, -0.15) is 0 Å². The zero-order chi connectivity index (χ0) is 40.6. The van der Waals surface area contributed by atoms with Gasteiger partial charge in [0.25, 0.3) is 15.9 Å². The molecule has 306 valence electrons. The summed E-state index contributed by atoms with van der Waals surface area (Å²) in [6.45, 7) is 12.0. The molecule has 2 heterocycles. The highest BCUT2D eigenvalue weighted by atomic mass is 32.2. The molecule has 2 spiro atoms. The Morgan fingerprint density at radius 2 is 1.66 bits per heavy atom. The van der Waals surface area contributed by atoms with Gasteiger partial charge < -0.3 is 30.9 Å². The number of carbonyl (C=O) groups excluding carboxylic acids is 4.